The van der Waals surface area contributed by atoms with Crippen molar-refractivity contribution in [1.29, 1.82) is 0 Å². The molecule has 118 valence electrons. The minimum atomic E-state index is -0.645. The van der Waals surface area contributed by atoms with Gasteiger partial charge in [-0.1, -0.05) is 0 Å². The van der Waals surface area contributed by atoms with E-state index in [0.29, 0.717) is 11.2 Å². The summed E-state index contributed by atoms with van der Waals surface area (Å²) >= 11 is 5.90. The normalized spacial score (nSPS) is 33.5. The molecular weight excluding hydrogens is 310 g/mol. The van der Waals surface area contributed by atoms with E-state index < -0.39 is 12.0 Å². The Bertz CT molecular complexity index is 749. The summed E-state index contributed by atoms with van der Waals surface area (Å²) in [6.07, 6.45) is 0.700. The highest BCUT2D eigenvalue weighted by atomic mass is 35.5. The Morgan fingerprint density at radius 2 is 2.00 bits per heavy atom. The van der Waals surface area contributed by atoms with Gasteiger partial charge >= 0.3 is 0 Å². The molecule has 0 spiro atoms. The molecule has 2 aromatic rings. The molecule has 0 bridgehead atoms. The molecule has 0 aliphatic carbocycles. The van der Waals surface area contributed by atoms with Crippen molar-refractivity contribution in [2.24, 2.45) is 0 Å². The van der Waals surface area contributed by atoms with E-state index in [1.807, 2.05) is 20.8 Å². The second-order valence-electron chi connectivity index (χ2n) is 6.00. The van der Waals surface area contributed by atoms with Gasteiger partial charge in [-0.25, -0.2) is 4.98 Å². The van der Waals surface area contributed by atoms with E-state index in [1.165, 1.54) is 0 Å². The molecule has 9 heteroatoms. The molecule has 4 heterocycles. The first-order valence-corrected chi connectivity index (χ1v) is 7.40. The summed E-state index contributed by atoms with van der Waals surface area (Å²) in [5, 5.41) is 0.0678. The lowest BCUT2D eigenvalue weighted by Crippen LogP contribution is -2.27. The summed E-state index contributed by atoms with van der Waals surface area (Å²) in [5.74, 6) is -0.409. The SMILES string of the molecule is C[C@H]1O[C@@H](n2cnc3c(N)nc(Cl)nc32)[C@@H]2OC(C)(C)O[C@@H]21. The molecule has 2 N–H and O–H groups in total. The van der Waals surface area contributed by atoms with Crippen molar-refractivity contribution in [1.82, 2.24) is 19.5 Å². The van der Waals surface area contributed by atoms with Crippen LogP contribution in [0, 0.1) is 0 Å². The Kier molecular flexibility index (Phi) is 2.90. The number of aromatic nitrogens is 4. The number of hydrogen-bond donors (Lipinski definition) is 1. The largest absolute Gasteiger partial charge is 0.382 e. The van der Waals surface area contributed by atoms with E-state index in [9.17, 15) is 0 Å². The van der Waals surface area contributed by atoms with Gasteiger partial charge in [-0.05, 0) is 32.4 Å². The van der Waals surface area contributed by atoms with Gasteiger partial charge in [-0.3, -0.25) is 4.57 Å². The number of anilines is 1. The molecule has 2 aliphatic heterocycles. The van der Waals surface area contributed by atoms with Gasteiger partial charge < -0.3 is 19.9 Å². The van der Waals surface area contributed by atoms with Gasteiger partial charge in [-0.2, -0.15) is 9.97 Å². The fraction of sp³-hybridized carbons (Fsp3) is 0.615. The first-order chi connectivity index (χ1) is 10.4. The van der Waals surface area contributed by atoms with Crippen LogP contribution in [0.3, 0.4) is 0 Å². The maximum Gasteiger partial charge on any atom is 0.226 e. The fourth-order valence-corrected chi connectivity index (χ4v) is 3.27. The zero-order chi connectivity index (χ0) is 15.6. The van der Waals surface area contributed by atoms with Gasteiger partial charge in [0.05, 0.1) is 12.4 Å². The minimum Gasteiger partial charge on any atom is -0.382 e. The Hall–Kier alpha value is -1.48. The summed E-state index contributed by atoms with van der Waals surface area (Å²) in [4.78, 5) is 12.4. The van der Waals surface area contributed by atoms with E-state index in [1.54, 1.807) is 10.9 Å². The van der Waals surface area contributed by atoms with E-state index in [-0.39, 0.29) is 29.4 Å². The summed E-state index contributed by atoms with van der Waals surface area (Å²) < 4.78 is 19.6. The quantitative estimate of drug-likeness (QED) is 0.793. The van der Waals surface area contributed by atoms with Crippen LogP contribution < -0.4 is 5.73 Å². The van der Waals surface area contributed by atoms with E-state index in [4.69, 9.17) is 31.5 Å². The predicted molar refractivity (Wildman–Crippen MR) is 78.2 cm³/mol. The Balaban J connectivity index is 1.79. The summed E-state index contributed by atoms with van der Waals surface area (Å²) in [6, 6.07) is 0. The number of ether oxygens (including phenoxy) is 3. The molecule has 4 atom stereocenters. The standard InChI is InChI=1S/C13H16ClN5O3/c1-5-7-8(22-13(2,3)21-7)11(20-5)19-4-16-6-9(15)17-12(14)18-10(6)19/h4-5,7-8,11H,1-3H3,(H2,15,17,18)/t5-,7-,8-,11-/m1/s1. The van der Waals surface area contributed by atoms with Gasteiger partial charge in [-0.15, -0.1) is 0 Å². The molecule has 8 nitrogen and oxygen atoms in total. The lowest BCUT2D eigenvalue weighted by Gasteiger charge is -2.23. The molecule has 0 radical (unpaired) electrons. The molecule has 0 saturated carbocycles. The Labute approximate surface area is 131 Å². The van der Waals surface area contributed by atoms with Gasteiger partial charge in [0.2, 0.25) is 5.28 Å². The van der Waals surface area contributed by atoms with Gasteiger partial charge in [0, 0.05) is 0 Å². The number of nitrogen functional groups attached to an aromatic ring is 1. The van der Waals surface area contributed by atoms with Crippen LogP contribution in [-0.2, 0) is 14.2 Å². The molecule has 0 aromatic carbocycles. The van der Waals surface area contributed by atoms with Gasteiger partial charge in [0.25, 0.3) is 0 Å². The lowest BCUT2D eigenvalue weighted by atomic mass is 10.1. The highest BCUT2D eigenvalue weighted by molar-refractivity contribution is 6.28. The third kappa shape index (κ3) is 1.98. The van der Waals surface area contributed by atoms with Gasteiger partial charge in [0.15, 0.2) is 23.5 Å². The first-order valence-electron chi connectivity index (χ1n) is 7.02. The highest BCUT2D eigenvalue weighted by Crippen LogP contribution is 2.43. The topological polar surface area (TPSA) is 97.3 Å². The third-order valence-corrected chi connectivity index (χ3v) is 4.13. The number of imidazole rings is 1. The Morgan fingerprint density at radius 3 is 2.77 bits per heavy atom. The molecule has 2 saturated heterocycles. The van der Waals surface area contributed by atoms with Crippen molar-refractivity contribution in [3.8, 4) is 0 Å². The van der Waals surface area contributed by atoms with Crippen LogP contribution in [-0.4, -0.2) is 43.6 Å². The molecular formula is C13H16ClN5O3. The van der Waals surface area contributed by atoms with E-state index in [2.05, 4.69) is 15.0 Å². The monoisotopic (exact) mass is 325 g/mol. The van der Waals surface area contributed by atoms with Gasteiger partial charge in [0.1, 0.15) is 17.7 Å². The number of halogens is 1. The average Bonchev–Trinajstić information content (AvgIpc) is 3.03. The molecule has 2 fully saturated rings. The molecule has 0 unspecified atom stereocenters. The molecule has 22 heavy (non-hydrogen) atoms. The fourth-order valence-electron chi connectivity index (χ4n) is 3.10. The maximum atomic E-state index is 5.99. The molecule has 2 aromatic heterocycles. The lowest BCUT2D eigenvalue weighted by molar-refractivity contribution is -0.194. The second kappa shape index (κ2) is 4.51. The summed E-state index contributed by atoms with van der Waals surface area (Å²) in [7, 11) is 0. The van der Waals surface area contributed by atoms with E-state index >= 15 is 0 Å². The van der Waals surface area contributed by atoms with Crippen LogP contribution in [0.2, 0.25) is 5.28 Å². The van der Waals surface area contributed by atoms with Crippen LogP contribution in [0.1, 0.15) is 27.0 Å². The highest BCUT2D eigenvalue weighted by Gasteiger charge is 2.54. The van der Waals surface area contributed by atoms with E-state index in [0.717, 1.165) is 0 Å². The smallest absolute Gasteiger partial charge is 0.226 e. The van der Waals surface area contributed by atoms with Crippen LogP contribution in [0.5, 0.6) is 0 Å². The number of rotatable bonds is 1. The zero-order valence-electron chi connectivity index (χ0n) is 12.4. The zero-order valence-corrected chi connectivity index (χ0v) is 13.1. The molecule has 0 amide bonds. The Morgan fingerprint density at radius 1 is 1.27 bits per heavy atom. The number of nitrogens with zero attached hydrogens (tertiary/aromatic N) is 4. The van der Waals surface area contributed by atoms with Crippen molar-refractivity contribution in [2.45, 2.75) is 51.1 Å². The molecule has 2 aliphatic rings. The number of hydrogen-bond acceptors (Lipinski definition) is 7. The third-order valence-electron chi connectivity index (χ3n) is 3.96. The number of nitrogens with two attached hydrogens (primary N) is 1. The summed E-state index contributed by atoms with van der Waals surface area (Å²) in [6.45, 7) is 5.73. The first kappa shape index (κ1) is 14.1. The number of fused-ring (bicyclic) bond motifs is 2. The van der Waals surface area contributed by atoms with Crippen LogP contribution >= 0.6 is 11.6 Å². The van der Waals surface area contributed by atoms with Crippen LogP contribution in [0.4, 0.5) is 5.82 Å². The van der Waals surface area contributed by atoms with Crippen molar-refractivity contribution in [3.63, 3.8) is 0 Å². The van der Waals surface area contributed by atoms with Crippen molar-refractivity contribution in [2.75, 3.05) is 5.73 Å². The summed E-state index contributed by atoms with van der Waals surface area (Å²) in [5.41, 5.74) is 6.84. The minimum absolute atomic E-state index is 0.0678. The molecule has 4 rings (SSSR count). The van der Waals surface area contributed by atoms with Crippen LogP contribution in [0.15, 0.2) is 6.33 Å². The van der Waals surface area contributed by atoms with Crippen molar-refractivity contribution < 1.29 is 14.2 Å². The van der Waals surface area contributed by atoms with Crippen molar-refractivity contribution in [3.05, 3.63) is 11.6 Å². The average molecular weight is 326 g/mol. The van der Waals surface area contributed by atoms with Crippen LogP contribution in [0.25, 0.3) is 11.2 Å². The predicted octanol–water partition coefficient (Wildman–Crippen LogP) is 1.50. The van der Waals surface area contributed by atoms with Crippen molar-refractivity contribution >= 4 is 28.6 Å². The second-order valence-corrected chi connectivity index (χ2v) is 6.34. The maximum absolute atomic E-state index is 5.99.